The molecule has 1 atom stereocenters. The lowest BCUT2D eigenvalue weighted by Crippen LogP contribution is -2.37. The third-order valence-corrected chi connectivity index (χ3v) is 2.97. The van der Waals surface area contributed by atoms with Gasteiger partial charge in [-0.05, 0) is 13.3 Å². The summed E-state index contributed by atoms with van der Waals surface area (Å²) in [6, 6.07) is -0.0630. The van der Waals surface area contributed by atoms with E-state index < -0.39 is 0 Å². The molecule has 0 spiro atoms. The van der Waals surface area contributed by atoms with Crippen LogP contribution < -0.4 is 5.32 Å². The summed E-state index contributed by atoms with van der Waals surface area (Å²) < 4.78 is 1.97. The number of nitrogens with one attached hydrogen (secondary N) is 1. The van der Waals surface area contributed by atoms with Crippen LogP contribution in [0, 0.1) is 0 Å². The van der Waals surface area contributed by atoms with Gasteiger partial charge in [-0.2, -0.15) is 0 Å². The van der Waals surface area contributed by atoms with E-state index in [1.54, 1.807) is 11.2 Å². The van der Waals surface area contributed by atoms with E-state index in [9.17, 15) is 4.79 Å². The lowest BCUT2D eigenvalue weighted by atomic mass is 10.2. The quantitative estimate of drug-likeness (QED) is 0.755. The average Bonchev–Trinajstić information content (AvgIpc) is 2.86. The van der Waals surface area contributed by atoms with Gasteiger partial charge in [0, 0.05) is 20.1 Å². The minimum absolute atomic E-state index is 0.0630. The number of aromatic nitrogens is 3. The minimum Gasteiger partial charge on any atom is -0.344 e. The Bertz CT molecular complexity index is 375. The summed E-state index contributed by atoms with van der Waals surface area (Å²) in [6.45, 7) is 4.32. The molecule has 88 valence electrons. The van der Waals surface area contributed by atoms with E-state index in [-0.39, 0.29) is 11.9 Å². The van der Waals surface area contributed by atoms with Crippen LogP contribution in [0.3, 0.4) is 0 Å². The SMILES string of the molecule is CCn1cnnc1CNC1CCN(C)C1=O. The number of carbonyl (C=O) groups excluding carboxylic acids is 1. The summed E-state index contributed by atoms with van der Waals surface area (Å²) >= 11 is 0. The molecule has 0 saturated carbocycles. The topological polar surface area (TPSA) is 63.1 Å². The van der Waals surface area contributed by atoms with Crippen molar-refractivity contribution < 1.29 is 4.79 Å². The molecular weight excluding hydrogens is 206 g/mol. The lowest BCUT2D eigenvalue weighted by Gasteiger charge is -2.11. The molecular formula is C10H17N5O. The van der Waals surface area contributed by atoms with Crippen molar-refractivity contribution in [3.05, 3.63) is 12.2 Å². The number of amides is 1. The molecule has 16 heavy (non-hydrogen) atoms. The van der Waals surface area contributed by atoms with Gasteiger partial charge in [-0.1, -0.05) is 0 Å². The number of hydrogen-bond donors (Lipinski definition) is 1. The van der Waals surface area contributed by atoms with Gasteiger partial charge >= 0.3 is 0 Å². The Morgan fingerprint density at radius 1 is 1.62 bits per heavy atom. The van der Waals surface area contributed by atoms with E-state index >= 15 is 0 Å². The highest BCUT2D eigenvalue weighted by atomic mass is 16.2. The van der Waals surface area contributed by atoms with Crippen LogP contribution in [0.1, 0.15) is 19.2 Å². The van der Waals surface area contributed by atoms with Crippen LogP contribution in [0.2, 0.25) is 0 Å². The molecule has 1 unspecified atom stereocenters. The first kappa shape index (κ1) is 11.1. The van der Waals surface area contributed by atoms with Gasteiger partial charge in [0.25, 0.3) is 0 Å². The van der Waals surface area contributed by atoms with E-state index in [0.29, 0.717) is 6.54 Å². The third-order valence-electron chi connectivity index (χ3n) is 2.97. The maximum atomic E-state index is 11.6. The number of nitrogens with zero attached hydrogens (tertiary/aromatic N) is 4. The number of rotatable bonds is 4. The zero-order chi connectivity index (χ0) is 11.5. The van der Waals surface area contributed by atoms with Crippen LogP contribution in [-0.2, 0) is 17.9 Å². The zero-order valence-electron chi connectivity index (χ0n) is 9.68. The van der Waals surface area contributed by atoms with Crippen LogP contribution in [0.4, 0.5) is 0 Å². The number of aryl methyl sites for hydroxylation is 1. The number of likely N-dealkylation sites (N-methyl/N-ethyl adjacent to an activating group) is 1. The molecule has 2 rings (SSSR count). The summed E-state index contributed by atoms with van der Waals surface area (Å²) in [4.78, 5) is 13.4. The molecule has 1 aromatic heterocycles. The molecule has 1 aliphatic heterocycles. The van der Waals surface area contributed by atoms with Crippen LogP contribution >= 0.6 is 0 Å². The predicted molar refractivity (Wildman–Crippen MR) is 58.6 cm³/mol. The normalized spacial score (nSPS) is 20.8. The molecule has 1 amide bonds. The Kier molecular flexibility index (Phi) is 3.19. The Balaban J connectivity index is 1.90. The number of likely N-dealkylation sites (tertiary alicyclic amines) is 1. The average molecular weight is 223 g/mol. The van der Waals surface area contributed by atoms with Gasteiger partial charge in [0.2, 0.25) is 5.91 Å². The second-order valence-corrected chi connectivity index (χ2v) is 4.02. The van der Waals surface area contributed by atoms with Gasteiger partial charge in [0.05, 0.1) is 12.6 Å². The van der Waals surface area contributed by atoms with Gasteiger partial charge < -0.3 is 9.47 Å². The summed E-state index contributed by atoms with van der Waals surface area (Å²) in [5.74, 6) is 1.05. The Labute approximate surface area is 94.6 Å². The van der Waals surface area contributed by atoms with Crippen LogP contribution in [0.25, 0.3) is 0 Å². The van der Waals surface area contributed by atoms with E-state index in [1.807, 2.05) is 18.5 Å². The minimum atomic E-state index is -0.0630. The molecule has 0 aliphatic carbocycles. The van der Waals surface area contributed by atoms with Gasteiger partial charge in [0.1, 0.15) is 12.2 Å². The Morgan fingerprint density at radius 3 is 3.06 bits per heavy atom. The van der Waals surface area contributed by atoms with Gasteiger partial charge in [-0.25, -0.2) is 0 Å². The van der Waals surface area contributed by atoms with Crippen molar-refractivity contribution in [2.45, 2.75) is 32.5 Å². The Morgan fingerprint density at radius 2 is 2.44 bits per heavy atom. The first-order valence-corrected chi connectivity index (χ1v) is 5.57. The van der Waals surface area contributed by atoms with Crippen LogP contribution in [0.5, 0.6) is 0 Å². The number of carbonyl (C=O) groups is 1. The standard InChI is InChI=1S/C10H17N5O/c1-3-15-7-12-13-9(15)6-11-8-4-5-14(2)10(8)16/h7-8,11H,3-6H2,1-2H3. The van der Waals surface area contributed by atoms with E-state index in [1.165, 1.54) is 0 Å². The predicted octanol–water partition coefficient (Wildman–Crippen LogP) is -0.382. The fraction of sp³-hybridized carbons (Fsp3) is 0.700. The highest BCUT2D eigenvalue weighted by molar-refractivity contribution is 5.83. The Hall–Kier alpha value is -1.43. The maximum Gasteiger partial charge on any atom is 0.239 e. The van der Waals surface area contributed by atoms with Crippen molar-refractivity contribution >= 4 is 5.91 Å². The second kappa shape index (κ2) is 4.61. The highest BCUT2D eigenvalue weighted by Crippen LogP contribution is 2.09. The molecule has 0 radical (unpaired) electrons. The smallest absolute Gasteiger partial charge is 0.239 e. The van der Waals surface area contributed by atoms with Crippen molar-refractivity contribution in [3.63, 3.8) is 0 Å². The fourth-order valence-electron chi connectivity index (χ4n) is 1.91. The second-order valence-electron chi connectivity index (χ2n) is 4.02. The molecule has 2 heterocycles. The van der Waals surface area contributed by atoms with Crippen molar-refractivity contribution in [1.29, 1.82) is 0 Å². The molecule has 1 aliphatic rings. The summed E-state index contributed by atoms with van der Waals surface area (Å²) in [5, 5.41) is 11.1. The molecule has 1 saturated heterocycles. The molecule has 6 nitrogen and oxygen atoms in total. The molecule has 0 aromatic carbocycles. The first-order chi connectivity index (χ1) is 7.72. The molecule has 0 bridgehead atoms. The van der Waals surface area contributed by atoms with Gasteiger partial charge in [-0.3, -0.25) is 10.1 Å². The third kappa shape index (κ3) is 2.06. The van der Waals surface area contributed by atoms with E-state index in [0.717, 1.165) is 25.3 Å². The maximum absolute atomic E-state index is 11.6. The van der Waals surface area contributed by atoms with Gasteiger partial charge in [-0.15, -0.1) is 10.2 Å². The summed E-state index contributed by atoms with van der Waals surface area (Å²) in [6.07, 6.45) is 2.58. The van der Waals surface area contributed by atoms with E-state index in [2.05, 4.69) is 15.5 Å². The van der Waals surface area contributed by atoms with Crippen molar-refractivity contribution in [1.82, 2.24) is 25.0 Å². The summed E-state index contributed by atoms with van der Waals surface area (Å²) in [5.41, 5.74) is 0. The lowest BCUT2D eigenvalue weighted by molar-refractivity contribution is -0.128. The van der Waals surface area contributed by atoms with E-state index in [4.69, 9.17) is 0 Å². The molecule has 1 N–H and O–H groups in total. The van der Waals surface area contributed by atoms with Crippen LogP contribution in [0.15, 0.2) is 6.33 Å². The van der Waals surface area contributed by atoms with Crippen molar-refractivity contribution in [2.75, 3.05) is 13.6 Å². The molecule has 1 fully saturated rings. The highest BCUT2D eigenvalue weighted by Gasteiger charge is 2.28. The largest absolute Gasteiger partial charge is 0.344 e. The first-order valence-electron chi connectivity index (χ1n) is 5.57. The monoisotopic (exact) mass is 223 g/mol. The van der Waals surface area contributed by atoms with Crippen molar-refractivity contribution in [2.24, 2.45) is 0 Å². The molecule has 6 heteroatoms. The van der Waals surface area contributed by atoms with Gasteiger partial charge in [0.15, 0.2) is 0 Å². The summed E-state index contributed by atoms with van der Waals surface area (Å²) in [7, 11) is 1.83. The van der Waals surface area contributed by atoms with Crippen LogP contribution in [-0.4, -0.2) is 45.2 Å². The number of hydrogen-bond acceptors (Lipinski definition) is 4. The molecule has 1 aromatic rings. The van der Waals surface area contributed by atoms with Crippen molar-refractivity contribution in [3.8, 4) is 0 Å². The fourth-order valence-corrected chi connectivity index (χ4v) is 1.91. The zero-order valence-corrected chi connectivity index (χ0v) is 9.68.